The number of rotatable bonds is 10. The van der Waals surface area contributed by atoms with E-state index in [4.69, 9.17) is 5.84 Å². The molecule has 1 aromatic heterocycles. The topological polar surface area (TPSA) is 61.5 Å². The van der Waals surface area contributed by atoms with E-state index in [0.717, 1.165) is 0 Å². The summed E-state index contributed by atoms with van der Waals surface area (Å²) in [5.74, 6) is 10.2. The molecule has 0 atom stereocenters. The minimum Gasteiger partial charge on any atom is -0.378 e. The van der Waals surface area contributed by atoms with Crippen LogP contribution in [0, 0.1) is 0 Å². The van der Waals surface area contributed by atoms with Crippen LogP contribution in [-0.2, 0) is 0 Å². The van der Waals surface area contributed by atoms with Crippen LogP contribution >= 0.6 is 0 Å². The maximum absolute atomic E-state index is 7.58. The molecule has 6 nitrogen and oxygen atoms in total. The number of nitrogens with two attached hydrogens (primary N) is 1. The van der Waals surface area contributed by atoms with E-state index in [1.54, 1.807) is 0 Å². The van der Waals surface area contributed by atoms with Crippen LogP contribution in [0.2, 0.25) is 0 Å². The van der Waals surface area contributed by atoms with Crippen molar-refractivity contribution in [2.45, 2.75) is 210 Å². The van der Waals surface area contributed by atoms with Crippen molar-refractivity contribution < 1.29 is 0 Å². The zero-order valence-corrected chi connectivity index (χ0v) is 27.5. The molecule has 0 amide bonds. The van der Waals surface area contributed by atoms with Gasteiger partial charge in [-0.25, -0.2) is 4.68 Å². The molecule has 0 radical (unpaired) electrons. The molecule has 1 heterocycles. The van der Waals surface area contributed by atoms with Crippen LogP contribution in [0.3, 0.4) is 0 Å². The number of anilines is 4. The lowest BCUT2D eigenvalue weighted by Gasteiger charge is -2.44. The molecular weight excluding hydrogens is 528 g/mol. The summed E-state index contributed by atoms with van der Waals surface area (Å²) in [6.45, 7) is 0. The maximum atomic E-state index is 7.58. The van der Waals surface area contributed by atoms with E-state index < -0.39 is 0 Å². The van der Waals surface area contributed by atoms with Crippen molar-refractivity contribution in [1.82, 2.24) is 4.68 Å². The lowest BCUT2D eigenvalue weighted by Crippen LogP contribution is -2.47. The second-order valence-corrected chi connectivity index (χ2v) is 15.6. The van der Waals surface area contributed by atoms with Gasteiger partial charge in [0.25, 0.3) is 0 Å². The third-order valence-electron chi connectivity index (χ3n) is 12.7. The van der Waals surface area contributed by atoms with E-state index in [0.29, 0.717) is 36.3 Å². The number of aromatic nitrogens is 1. The molecule has 0 aromatic carbocycles. The molecule has 242 valence electrons. The van der Waals surface area contributed by atoms with Crippen molar-refractivity contribution in [3.05, 3.63) is 0 Å². The fourth-order valence-electron chi connectivity index (χ4n) is 10.4. The van der Waals surface area contributed by atoms with Crippen LogP contribution in [0.4, 0.5) is 23.0 Å². The predicted molar refractivity (Wildman–Crippen MR) is 184 cm³/mol. The number of nitrogens with one attached hydrogen (secondary N) is 2. The quantitative estimate of drug-likeness (QED) is 0.236. The van der Waals surface area contributed by atoms with E-state index in [1.165, 1.54) is 196 Å². The van der Waals surface area contributed by atoms with E-state index in [1.807, 2.05) is 0 Å². The first-order chi connectivity index (χ1) is 21.3. The minimum absolute atomic E-state index is 0.554. The summed E-state index contributed by atoms with van der Waals surface area (Å²) in [6, 6.07) is 3.69. The predicted octanol–water partition coefficient (Wildman–Crippen LogP) is 9.46. The molecule has 6 saturated carbocycles. The Morgan fingerprint density at radius 2 is 0.791 bits per heavy atom. The summed E-state index contributed by atoms with van der Waals surface area (Å²) in [6.07, 6.45) is 36.6. The third-order valence-corrected chi connectivity index (χ3v) is 12.7. The van der Waals surface area contributed by atoms with Gasteiger partial charge < -0.3 is 26.3 Å². The summed E-state index contributed by atoms with van der Waals surface area (Å²) in [7, 11) is 0. The first-order valence-electron chi connectivity index (χ1n) is 19.4. The molecule has 0 unspecified atom stereocenters. The maximum Gasteiger partial charge on any atom is 0.155 e. The Hall–Kier alpha value is -1.72. The molecule has 6 aliphatic rings. The molecule has 4 N–H and O–H groups in total. The lowest BCUT2D eigenvalue weighted by atomic mass is 9.88. The number of nitrogen functional groups attached to an aromatic ring is 1. The molecule has 1 aromatic rings. The zero-order chi connectivity index (χ0) is 29.0. The zero-order valence-electron chi connectivity index (χ0n) is 27.5. The van der Waals surface area contributed by atoms with Crippen LogP contribution in [0.25, 0.3) is 0 Å². The smallest absolute Gasteiger partial charge is 0.155 e. The Morgan fingerprint density at radius 3 is 1.26 bits per heavy atom. The largest absolute Gasteiger partial charge is 0.378 e. The van der Waals surface area contributed by atoms with Crippen LogP contribution in [0.15, 0.2) is 0 Å². The molecule has 0 saturated heterocycles. The van der Waals surface area contributed by atoms with E-state index in [2.05, 4.69) is 25.1 Å². The summed E-state index contributed by atoms with van der Waals surface area (Å²) in [4.78, 5) is 5.95. The summed E-state index contributed by atoms with van der Waals surface area (Å²) >= 11 is 0. The van der Waals surface area contributed by atoms with Crippen LogP contribution < -0.4 is 26.3 Å². The van der Waals surface area contributed by atoms with Crippen molar-refractivity contribution in [3.63, 3.8) is 0 Å². The Morgan fingerprint density at radius 1 is 0.442 bits per heavy atom. The van der Waals surface area contributed by atoms with E-state index >= 15 is 0 Å². The summed E-state index contributed by atoms with van der Waals surface area (Å²) in [5.41, 5.74) is 2.93. The number of hydrogen-bond acceptors (Lipinski definition) is 5. The number of hydrogen-bond donors (Lipinski definition) is 3. The molecule has 7 rings (SSSR count). The van der Waals surface area contributed by atoms with Gasteiger partial charge in [0, 0.05) is 36.3 Å². The molecule has 0 aliphatic heterocycles. The SMILES string of the molecule is Nn1c(NC2CCCC2)c(N(C2CCCC2)C2CCCC2)c(NC2CCCCC2)c1N(C1CCCCC1)C1CCCCC1. The Kier molecular flexibility index (Phi) is 9.86. The monoisotopic (exact) mass is 593 g/mol. The lowest BCUT2D eigenvalue weighted by molar-refractivity contribution is 0.336. The normalized spacial score (nSPS) is 26.0. The molecule has 0 bridgehead atoms. The highest BCUT2D eigenvalue weighted by Crippen LogP contribution is 2.52. The average Bonchev–Trinajstić information content (AvgIpc) is 3.89. The van der Waals surface area contributed by atoms with Gasteiger partial charge in [0.15, 0.2) is 11.6 Å². The van der Waals surface area contributed by atoms with Crippen LogP contribution in [0.1, 0.15) is 173 Å². The van der Waals surface area contributed by atoms with Crippen LogP contribution in [-0.4, -0.2) is 40.9 Å². The van der Waals surface area contributed by atoms with Gasteiger partial charge in [0.05, 0.1) is 0 Å². The molecule has 6 fully saturated rings. The van der Waals surface area contributed by atoms with Crippen molar-refractivity contribution in [1.29, 1.82) is 0 Å². The Bertz CT molecular complexity index is 965. The second-order valence-electron chi connectivity index (χ2n) is 15.6. The highest BCUT2D eigenvalue weighted by Gasteiger charge is 2.41. The Balaban J connectivity index is 1.40. The fourth-order valence-corrected chi connectivity index (χ4v) is 10.4. The first kappa shape index (κ1) is 30.0. The van der Waals surface area contributed by atoms with Gasteiger partial charge in [0.2, 0.25) is 0 Å². The van der Waals surface area contributed by atoms with Gasteiger partial charge in [-0.2, -0.15) is 0 Å². The highest BCUT2D eigenvalue weighted by atomic mass is 15.5. The standard InChI is InChI=1S/C37H64N6/c38-43-36(40-29-18-10-11-19-29)35(41(30-24-12-13-25-30)31-26-14-15-27-31)34(39-28-16-4-1-5-17-28)37(43)42(32-20-6-2-7-21-32)33-22-8-3-9-23-33/h28-33,39-40H,1-27,38H2. The minimum atomic E-state index is 0.554. The van der Waals surface area contributed by atoms with E-state index in [-0.39, 0.29) is 0 Å². The van der Waals surface area contributed by atoms with Crippen molar-refractivity contribution in [2.24, 2.45) is 0 Å². The molecule has 43 heavy (non-hydrogen) atoms. The van der Waals surface area contributed by atoms with Gasteiger partial charge in [-0.1, -0.05) is 96.3 Å². The van der Waals surface area contributed by atoms with Gasteiger partial charge in [0.1, 0.15) is 11.4 Å². The summed E-state index contributed by atoms with van der Waals surface area (Å²) < 4.78 is 2.24. The molecule has 6 heteroatoms. The van der Waals surface area contributed by atoms with Gasteiger partial charge in [-0.3, -0.25) is 0 Å². The van der Waals surface area contributed by atoms with E-state index in [9.17, 15) is 0 Å². The van der Waals surface area contributed by atoms with Gasteiger partial charge >= 0.3 is 0 Å². The highest BCUT2D eigenvalue weighted by molar-refractivity contribution is 5.94. The Labute approximate surface area is 263 Å². The van der Waals surface area contributed by atoms with Gasteiger partial charge in [-0.15, -0.1) is 0 Å². The molecule has 6 aliphatic carbocycles. The van der Waals surface area contributed by atoms with Crippen molar-refractivity contribution in [3.8, 4) is 0 Å². The number of nitrogens with zero attached hydrogens (tertiary/aromatic N) is 3. The van der Waals surface area contributed by atoms with Crippen molar-refractivity contribution in [2.75, 3.05) is 26.3 Å². The van der Waals surface area contributed by atoms with Crippen LogP contribution in [0.5, 0.6) is 0 Å². The second kappa shape index (κ2) is 14.1. The molecular formula is C37H64N6. The summed E-state index contributed by atoms with van der Waals surface area (Å²) in [5, 5.41) is 8.56. The van der Waals surface area contributed by atoms with Crippen molar-refractivity contribution >= 4 is 23.0 Å². The fraction of sp³-hybridized carbons (Fsp3) is 0.892. The first-order valence-corrected chi connectivity index (χ1v) is 19.4. The molecule has 0 spiro atoms. The average molecular weight is 593 g/mol. The van der Waals surface area contributed by atoms with Gasteiger partial charge in [-0.05, 0) is 77.0 Å². The third kappa shape index (κ3) is 6.50.